The molecule has 0 saturated carbocycles. The van der Waals surface area contributed by atoms with Gasteiger partial charge in [0.05, 0.1) is 28.2 Å². The van der Waals surface area contributed by atoms with Crippen molar-refractivity contribution in [1.29, 1.82) is 0 Å². The standard InChI is InChI=1S/C25H19ClN4O2/c1-15-21(24(31)29(27-15)19-12-10-18(26)11-13-19)14-22-16(2)28-30(25(22)32)23-9-5-7-17-6-3-4-8-20(17)23/h3-14,28H,1-2H3/b21-14-. The number of aromatic nitrogens is 2. The molecular weight excluding hydrogens is 424 g/mol. The molecule has 0 radical (unpaired) electrons. The van der Waals surface area contributed by atoms with Crippen LogP contribution in [0.15, 0.2) is 82.2 Å². The van der Waals surface area contributed by atoms with Gasteiger partial charge in [-0.15, -0.1) is 0 Å². The van der Waals surface area contributed by atoms with Gasteiger partial charge in [0.15, 0.2) is 0 Å². The molecule has 0 fully saturated rings. The van der Waals surface area contributed by atoms with Crippen LogP contribution in [-0.2, 0) is 4.79 Å². The SMILES string of the molecule is CC1=NN(c2ccc(Cl)cc2)C(=O)/C1=C\c1c(C)[nH]n(-c2cccc3ccccc23)c1=O. The lowest BCUT2D eigenvalue weighted by Gasteiger charge is -2.11. The van der Waals surface area contributed by atoms with Crippen LogP contribution in [0.1, 0.15) is 18.2 Å². The van der Waals surface area contributed by atoms with E-state index in [9.17, 15) is 9.59 Å². The summed E-state index contributed by atoms with van der Waals surface area (Å²) in [6.45, 7) is 3.57. The molecular formula is C25H19ClN4O2. The quantitative estimate of drug-likeness (QED) is 0.449. The number of benzene rings is 3. The highest BCUT2D eigenvalue weighted by molar-refractivity contribution is 6.32. The Morgan fingerprint density at radius 1 is 0.938 bits per heavy atom. The Morgan fingerprint density at radius 2 is 1.66 bits per heavy atom. The van der Waals surface area contributed by atoms with Gasteiger partial charge in [-0.25, -0.2) is 4.68 Å². The maximum Gasteiger partial charge on any atom is 0.280 e. The molecule has 6 nitrogen and oxygen atoms in total. The fourth-order valence-electron chi connectivity index (χ4n) is 3.89. The van der Waals surface area contributed by atoms with E-state index in [2.05, 4.69) is 10.2 Å². The molecule has 0 unspecified atom stereocenters. The summed E-state index contributed by atoms with van der Waals surface area (Å²) in [5.74, 6) is -0.290. The highest BCUT2D eigenvalue weighted by Gasteiger charge is 2.29. The van der Waals surface area contributed by atoms with Crippen molar-refractivity contribution < 1.29 is 4.79 Å². The Labute approximate surface area is 189 Å². The summed E-state index contributed by atoms with van der Waals surface area (Å²) in [5, 5.41) is 11.4. The lowest BCUT2D eigenvalue weighted by atomic mass is 10.1. The lowest BCUT2D eigenvalue weighted by Crippen LogP contribution is -2.22. The van der Waals surface area contributed by atoms with Gasteiger partial charge < -0.3 is 0 Å². The van der Waals surface area contributed by atoms with Crippen molar-refractivity contribution in [3.63, 3.8) is 0 Å². The van der Waals surface area contributed by atoms with Crippen LogP contribution in [-0.4, -0.2) is 21.4 Å². The van der Waals surface area contributed by atoms with Gasteiger partial charge in [-0.2, -0.15) is 10.1 Å². The van der Waals surface area contributed by atoms with Crippen molar-refractivity contribution in [2.45, 2.75) is 13.8 Å². The second kappa shape index (κ2) is 7.66. The monoisotopic (exact) mass is 442 g/mol. The van der Waals surface area contributed by atoms with Crippen molar-refractivity contribution in [2.24, 2.45) is 5.10 Å². The number of anilines is 1. The van der Waals surface area contributed by atoms with E-state index < -0.39 is 0 Å². The van der Waals surface area contributed by atoms with E-state index in [-0.39, 0.29) is 11.5 Å². The van der Waals surface area contributed by atoms with E-state index in [1.807, 2.05) is 49.4 Å². The van der Waals surface area contributed by atoms with Crippen LogP contribution in [0.2, 0.25) is 5.02 Å². The highest BCUT2D eigenvalue weighted by atomic mass is 35.5. The minimum atomic E-state index is -0.290. The molecule has 3 aromatic carbocycles. The number of nitrogens with one attached hydrogen (secondary N) is 1. The maximum absolute atomic E-state index is 13.3. The third kappa shape index (κ3) is 3.25. The number of hydrogen-bond donors (Lipinski definition) is 1. The summed E-state index contributed by atoms with van der Waals surface area (Å²) in [7, 11) is 0. The summed E-state index contributed by atoms with van der Waals surface area (Å²) < 4.78 is 1.52. The third-order valence-electron chi connectivity index (χ3n) is 5.55. The number of aryl methyl sites for hydroxylation is 1. The van der Waals surface area contributed by atoms with Crippen LogP contribution < -0.4 is 10.6 Å². The first-order valence-electron chi connectivity index (χ1n) is 10.1. The molecule has 5 rings (SSSR count). The number of hydrogen-bond acceptors (Lipinski definition) is 3. The predicted molar refractivity (Wildman–Crippen MR) is 129 cm³/mol. The number of hydrazone groups is 1. The molecule has 158 valence electrons. The van der Waals surface area contributed by atoms with Crippen LogP contribution >= 0.6 is 11.6 Å². The first-order valence-corrected chi connectivity index (χ1v) is 10.5. The number of rotatable bonds is 3. The van der Waals surface area contributed by atoms with Gasteiger partial charge in [0.2, 0.25) is 0 Å². The molecule has 1 aliphatic heterocycles. The Balaban J connectivity index is 1.58. The number of carbonyl (C=O) groups is 1. The van der Waals surface area contributed by atoms with E-state index in [4.69, 9.17) is 11.6 Å². The molecule has 1 aliphatic rings. The number of carbonyl (C=O) groups excluding carboxylic acids is 1. The van der Waals surface area contributed by atoms with Crippen molar-refractivity contribution in [3.8, 4) is 5.69 Å². The second-order valence-electron chi connectivity index (χ2n) is 7.63. The van der Waals surface area contributed by atoms with E-state index in [0.717, 1.165) is 16.5 Å². The minimum Gasteiger partial charge on any atom is -0.295 e. The molecule has 7 heteroatoms. The van der Waals surface area contributed by atoms with Gasteiger partial charge in [-0.05, 0) is 55.6 Å². The van der Waals surface area contributed by atoms with E-state index in [1.165, 1.54) is 9.69 Å². The fraction of sp³-hybridized carbons (Fsp3) is 0.0800. The number of halogens is 1. The first kappa shape index (κ1) is 20.0. The molecule has 4 aromatic rings. The highest BCUT2D eigenvalue weighted by Crippen LogP contribution is 2.27. The Kier molecular flexibility index (Phi) is 4.79. The summed E-state index contributed by atoms with van der Waals surface area (Å²) in [6.07, 6.45) is 1.62. The van der Waals surface area contributed by atoms with Gasteiger partial charge in [0, 0.05) is 16.1 Å². The predicted octanol–water partition coefficient (Wildman–Crippen LogP) is 5.09. The number of nitrogens with zero attached hydrogens (tertiary/aromatic N) is 3. The smallest absolute Gasteiger partial charge is 0.280 e. The summed E-state index contributed by atoms with van der Waals surface area (Å²) in [5.41, 5.74) is 3.16. The van der Waals surface area contributed by atoms with Crippen LogP contribution in [0.25, 0.3) is 22.5 Å². The maximum atomic E-state index is 13.3. The normalized spacial score (nSPS) is 15.1. The minimum absolute atomic E-state index is 0.225. The molecule has 0 bridgehead atoms. The zero-order chi connectivity index (χ0) is 22.4. The zero-order valence-electron chi connectivity index (χ0n) is 17.5. The topological polar surface area (TPSA) is 70.5 Å². The van der Waals surface area contributed by atoms with E-state index >= 15 is 0 Å². The van der Waals surface area contributed by atoms with Crippen molar-refractivity contribution in [2.75, 3.05) is 5.01 Å². The lowest BCUT2D eigenvalue weighted by molar-refractivity contribution is -0.114. The van der Waals surface area contributed by atoms with Crippen LogP contribution in [0.4, 0.5) is 5.69 Å². The largest absolute Gasteiger partial charge is 0.295 e. The summed E-state index contributed by atoms with van der Waals surface area (Å²) in [6, 6.07) is 20.6. The average Bonchev–Trinajstić information content (AvgIpc) is 3.24. The summed E-state index contributed by atoms with van der Waals surface area (Å²) in [4.78, 5) is 26.4. The number of amides is 1. The number of fused-ring (bicyclic) bond motifs is 1. The van der Waals surface area contributed by atoms with Gasteiger partial charge in [-0.3, -0.25) is 14.7 Å². The van der Waals surface area contributed by atoms with Gasteiger partial charge in [0.25, 0.3) is 11.5 Å². The van der Waals surface area contributed by atoms with Crippen LogP contribution in [0.5, 0.6) is 0 Å². The van der Waals surface area contributed by atoms with Crippen molar-refractivity contribution in [3.05, 3.63) is 98.9 Å². The molecule has 1 N–H and O–H groups in total. The van der Waals surface area contributed by atoms with Crippen molar-refractivity contribution in [1.82, 2.24) is 9.78 Å². The van der Waals surface area contributed by atoms with Crippen LogP contribution in [0, 0.1) is 6.92 Å². The van der Waals surface area contributed by atoms with Gasteiger partial charge in [-0.1, -0.05) is 48.0 Å². The van der Waals surface area contributed by atoms with Crippen molar-refractivity contribution >= 4 is 45.8 Å². The molecule has 1 aromatic heterocycles. The zero-order valence-corrected chi connectivity index (χ0v) is 18.2. The van der Waals surface area contributed by atoms with Crippen LogP contribution in [0.3, 0.4) is 0 Å². The Morgan fingerprint density at radius 3 is 2.44 bits per heavy atom. The van der Waals surface area contributed by atoms with E-state index in [1.54, 1.807) is 37.3 Å². The number of aromatic amines is 1. The summed E-state index contributed by atoms with van der Waals surface area (Å²) >= 11 is 5.95. The van der Waals surface area contributed by atoms with Gasteiger partial charge in [0.1, 0.15) is 0 Å². The first-order chi connectivity index (χ1) is 15.4. The Hall–Kier alpha value is -3.90. The molecule has 0 aliphatic carbocycles. The van der Waals surface area contributed by atoms with Gasteiger partial charge >= 0.3 is 0 Å². The van der Waals surface area contributed by atoms with E-state index in [0.29, 0.717) is 33.3 Å². The molecule has 0 saturated heterocycles. The molecule has 0 atom stereocenters. The average molecular weight is 443 g/mol. The molecule has 1 amide bonds. The molecule has 2 heterocycles. The second-order valence-corrected chi connectivity index (χ2v) is 8.06. The fourth-order valence-corrected chi connectivity index (χ4v) is 4.01. The molecule has 32 heavy (non-hydrogen) atoms. The third-order valence-corrected chi connectivity index (χ3v) is 5.80. The number of H-pyrrole nitrogens is 1. The Bertz CT molecular complexity index is 1490. The molecule has 0 spiro atoms.